The Labute approximate surface area is 53.5 Å². The van der Waals surface area contributed by atoms with Crippen molar-refractivity contribution in [1.82, 2.24) is 0 Å². The van der Waals surface area contributed by atoms with Crippen molar-refractivity contribution in [3.63, 3.8) is 0 Å². The lowest BCUT2D eigenvalue weighted by molar-refractivity contribution is 0.0152. The van der Waals surface area contributed by atoms with Crippen molar-refractivity contribution < 1.29 is 4.84 Å². The highest BCUT2D eigenvalue weighted by molar-refractivity contribution is 6.18. The summed E-state index contributed by atoms with van der Waals surface area (Å²) in [6.45, 7) is 1.94. The standard InChI is InChI=1S/C5H8ClNO/c1-5(4-6)2-3-7-8-5/h3H,2,4H2,1H3. The van der Waals surface area contributed by atoms with Gasteiger partial charge in [-0.3, -0.25) is 0 Å². The first-order chi connectivity index (χ1) is 3.77. The average Bonchev–Trinajstić information content (AvgIpc) is 2.17. The molecular weight excluding hydrogens is 126 g/mol. The second-order valence-corrected chi connectivity index (χ2v) is 2.43. The molecule has 1 aliphatic rings. The minimum atomic E-state index is -0.221. The normalized spacial score (nSPS) is 35.2. The van der Waals surface area contributed by atoms with Crippen LogP contribution in [0.5, 0.6) is 0 Å². The highest BCUT2D eigenvalue weighted by atomic mass is 35.5. The van der Waals surface area contributed by atoms with Crippen LogP contribution in [-0.2, 0) is 4.84 Å². The van der Waals surface area contributed by atoms with Crippen molar-refractivity contribution in [3.8, 4) is 0 Å². The molecule has 0 bridgehead atoms. The third-order valence-corrected chi connectivity index (χ3v) is 1.72. The van der Waals surface area contributed by atoms with Gasteiger partial charge in [-0.2, -0.15) is 0 Å². The molecular formula is C5H8ClNO. The lowest BCUT2D eigenvalue weighted by Gasteiger charge is -2.16. The van der Waals surface area contributed by atoms with Crippen molar-refractivity contribution in [1.29, 1.82) is 0 Å². The Bertz CT molecular complexity index is 105. The molecule has 0 saturated carbocycles. The van der Waals surface area contributed by atoms with Crippen LogP contribution in [0.4, 0.5) is 0 Å². The summed E-state index contributed by atoms with van der Waals surface area (Å²) in [4.78, 5) is 4.93. The van der Waals surface area contributed by atoms with Crippen LogP contribution in [0.2, 0.25) is 0 Å². The Balaban J connectivity index is 2.46. The molecule has 0 aromatic rings. The van der Waals surface area contributed by atoms with Crippen molar-refractivity contribution in [2.45, 2.75) is 18.9 Å². The van der Waals surface area contributed by atoms with E-state index in [0.717, 1.165) is 6.42 Å². The molecule has 0 aromatic carbocycles. The summed E-state index contributed by atoms with van der Waals surface area (Å²) in [6, 6.07) is 0. The molecule has 0 fully saturated rings. The van der Waals surface area contributed by atoms with Crippen LogP contribution >= 0.6 is 11.6 Å². The van der Waals surface area contributed by atoms with Gasteiger partial charge in [-0.25, -0.2) is 0 Å². The number of hydrogen-bond acceptors (Lipinski definition) is 2. The molecule has 0 amide bonds. The first kappa shape index (κ1) is 5.89. The Morgan fingerprint density at radius 3 is 3.00 bits per heavy atom. The highest BCUT2D eigenvalue weighted by Gasteiger charge is 2.27. The Morgan fingerprint density at radius 1 is 2.00 bits per heavy atom. The van der Waals surface area contributed by atoms with Crippen LogP contribution < -0.4 is 0 Å². The zero-order valence-electron chi connectivity index (χ0n) is 4.72. The fourth-order valence-electron chi connectivity index (χ4n) is 0.511. The van der Waals surface area contributed by atoms with Crippen LogP contribution in [0.25, 0.3) is 0 Å². The smallest absolute Gasteiger partial charge is 0.153 e. The van der Waals surface area contributed by atoms with Crippen LogP contribution in [0.15, 0.2) is 5.16 Å². The Morgan fingerprint density at radius 2 is 2.75 bits per heavy atom. The first-order valence-electron chi connectivity index (χ1n) is 2.53. The quantitative estimate of drug-likeness (QED) is 0.496. The van der Waals surface area contributed by atoms with E-state index < -0.39 is 0 Å². The number of alkyl halides is 1. The molecule has 0 spiro atoms. The van der Waals surface area contributed by atoms with Crippen LogP contribution in [0.1, 0.15) is 13.3 Å². The summed E-state index contributed by atoms with van der Waals surface area (Å²) in [5, 5.41) is 3.60. The molecule has 0 radical (unpaired) electrons. The zero-order chi connectivity index (χ0) is 6.04. The minimum absolute atomic E-state index is 0.221. The van der Waals surface area contributed by atoms with Crippen molar-refractivity contribution in [2.24, 2.45) is 5.16 Å². The number of halogens is 1. The van der Waals surface area contributed by atoms with E-state index in [-0.39, 0.29) is 5.60 Å². The number of hydrogen-bond donors (Lipinski definition) is 0. The molecule has 3 heteroatoms. The maximum atomic E-state index is 5.54. The summed E-state index contributed by atoms with van der Waals surface area (Å²) >= 11 is 5.54. The maximum absolute atomic E-state index is 5.54. The molecule has 1 aliphatic heterocycles. The van der Waals surface area contributed by atoms with Crippen LogP contribution in [-0.4, -0.2) is 17.7 Å². The van der Waals surface area contributed by atoms with Crippen molar-refractivity contribution in [3.05, 3.63) is 0 Å². The lowest BCUT2D eigenvalue weighted by atomic mass is 10.1. The molecule has 46 valence electrons. The second kappa shape index (κ2) is 1.94. The van der Waals surface area contributed by atoms with E-state index >= 15 is 0 Å². The molecule has 1 unspecified atom stereocenters. The molecule has 0 aromatic heterocycles. The largest absolute Gasteiger partial charge is 0.388 e. The molecule has 0 aliphatic carbocycles. The van der Waals surface area contributed by atoms with Gasteiger partial charge in [0.2, 0.25) is 0 Å². The molecule has 1 rings (SSSR count). The van der Waals surface area contributed by atoms with E-state index in [4.69, 9.17) is 16.4 Å². The first-order valence-corrected chi connectivity index (χ1v) is 3.06. The SMILES string of the molecule is CC1(CCl)CC=NO1. The van der Waals surface area contributed by atoms with Gasteiger partial charge in [0.25, 0.3) is 0 Å². The average molecular weight is 134 g/mol. The van der Waals surface area contributed by atoms with E-state index in [1.807, 2.05) is 6.92 Å². The van der Waals surface area contributed by atoms with Gasteiger partial charge in [0, 0.05) is 12.6 Å². The summed E-state index contributed by atoms with van der Waals surface area (Å²) < 4.78 is 0. The van der Waals surface area contributed by atoms with Gasteiger partial charge >= 0.3 is 0 Å². The van der Waals surface area contributed by atoms with Gasteiger partial charge in [-0.05, 0) is 6.92 Å². The summed E-state index contributed by atoms with van der Waals surface area (Å²) in [7, 11) is 0. The lowest BCUT2D eigenvalue weighted by Crippen LogP contribution is -2.24. The third kappa shape index (κ3) is 0.944. The van der Waals surface area contributed by atoms with Gasteiger partial charge in [-0.15, -0.1) is 11.6 Å². The Hall–Kier alpha value is -0.240. The predicted octanol–water partition coefficient (Wildman–Crippen LogP) is 1.39. The van der Waals surface area contributed by atoms with Gasteiger partial charge < -0.3 is 4.84 Å². The molecule has 0 N–H and O–H groups in total. The monoisotopic (exact) mass is 133 g/mol. The Kier molecular flexibility index (Phi) is 1.43. The molecule has 2 nitrogen and oxygen atoms in total. The van der Waals surface area contributed by atoms with Crippen molar-refractivity contribution in [2.75, 3.05) is 5.88 Å². The van der Waals surface area contributed by atoms with E-state index in [0.29, 0.717) is 5.88 Å². The topological polar surface area (TPSA) is 21.6 Å². The summed E-state index contributed by atoms with van der Waals surface area (Å²) in [5.41, 5.74) is -0.221. The van der Waals surface area contributed by atoms with Crippen molar-refractivity contribution >= 4 is 17.8 Å². The van der Waals surface area contributed by atoms with Gasteiger partial charge in [-0.1, -0.05) is 5.16 Å². The van der Waals surface area contributed by atoms with Gasteiger partial charge in [0.1, 0.15) is 0 Å². The van der Waals surface area contributed by atoms with E-state index in [1.54, 1.807) is 6.21 Å². The number of rotatable bonds is 1. The maximum Gasteiger partial charge on any atom is 0.153 e. The van der Waals surface area contributed by atoms with E-state index in [9.17, 15) is 0 Å². The highest BCUT2D eigenvalue weighted by Crippen LogP contribution is 2.20. The predicted molar refractivity (Wildman–Crippen MR) is 33.3 cm³/mol. The zero-order valence-corrected chi connectivity index (χ0v) is 5.48. The number of nitrogens with zero attached hydrogens (tertiary/aromatic N) is 1. The fourth-order valence-corrected chi connectivity index (χ4v) is 0.669. The molecule has 1 atom stereocenters. The van der Waals surface area contributed by atoms with E-state index in [2.05, 4.69) is 5.16 Å². The molecule has 1 heterocycles. The second-order valence-electron chi connectivity index (χ2n) is 2.17. The van der Waals surface area contributed by atoms with Gasteiger partial charge in [0.05, 0.1) is 5.88 Å². The van der Waals surface area contributed by atoms with Gasteiger partial charge in [0.15, 0.2) is 5.60 Å². The molecule has 0 saturated heterocycles. The minimum Gasteiger partial charge on any atom is -0.388 e. The van der Waals surface area contributed by atoms with E-state index in [1.165, 1.54) is 0 Å². The summed E-state index contributed by atoms with van der Waals surface area (Å²) in [6.07, 6.45) is 2.57. The number of oxime groups is 1. The van der Waals surface area contributed by atoms with Crippen LogP contribution in [0, 0.1) is 0 Å². The summed E-state index contributed by atoms with van der Waals surface area (Å²) in [5.74, 6) is 0.507. The fraction of sp³-hybridized carbons (Fsp3) is 0.800. The third-order valence-electron chi connectivity index (χ3n) is 1.15. The molecule has 8 heavy (non-hydrogen) atoms. The van der Waals surface area contributed by atoms with Crippen LogP contribution in [0.3, 0.4) is 0 Å².